The number of hydrogen-bond donors (Lipinski definition) is 1. The first-order valence-electron chi connectivity index (χ1n) is 9.59. The first-order chi connectivity index (χ1) is 14.6. The second-order valence-corrected chi connectivity index (χ2v) is 7.82. The molecule has 2 aromatic heterocycles. The van der Waals surface area contributed by atoms with Crippen LogP contribution >= 0.6 is 11.3 Å². The number of rotatable bonds is 7. The van der Waals surface area contributed by atoms with Crippen LogP contribution in [0.25, 0.3) is 10.9 Å². The van der Waals surface area contributed by atoms with Gasteiger partial charge in [-0.2, -0.15) is 0 Å². The van der Waals surface area contributed by atoms with Crippen molar-refractivity contribution in [2.45, 2.75) is 19.4 Å². The van der Waals surface area contributed by atoms with Gasteiger partial charge in [0.15, 0.2) is 0 Å². The lowest BCUT2D eigenvalue weighted by molar-refractivity contribution is -0.118. The van der Waals surface area contributed by atoms with Gasteiger partial charge >= 0.3 is 0 Å². The fraction of sp³-hybridized carbons (Fsp3) is 0.174. The van der Waals surface area contributed by atoms with Crippen molar-refractivity contribution in [2.75, 3.05) is 12.0 Å². The number of H-pyrrole nitrogens is 1. The van der Waals surface area contributed by atoms with Crippen molar-refractivity contribution in [3.8, 4) is 5.75 Å². The molecular formula is C23H21N3O3S. The summed E-state index contributed by atoms with van der Waals surface area (Å²) in [6, 6.07) is 18.6. The monoisotopic (exact) mass is 419 g/mol. The van der Waals surface area contributed by atoms with E-state index in [2.05, 4.69) is 9.97 Å². The summed E-state index contributed by atoms with van der Waals surface area (Å²) in [7, 11) is 1.61. The standard InChI is InChI=1S/C23H21N3O3S/c1-29-17-10-8-16(9-11-17)26(15-18-5-4-14-30-18)22(27)13-12-21-24-20-7-3-2-6-19(20)23(28)25-21/h2-11,14H,12-13,15H2,1H3,(H,24,25,28). The zero-order valence-corrected chi connectivity index (χ0v) is 17.3. The molecule has 0 radical (unpaired) electrons. The van der Waals surface area contributed by atoms with Crippen LogP contribution in [0.3, 0.4) is 0 Å². The fourth-order valence-electron chi connectivity index (χ4n) is 3.26. The highest BCUT2D eigenvalue weighted by Crippen LogP contribution is 2.23. The van der Waals surface area contributed by atoms with Gasteiger partial charge in [0.05, 0.1) is 24.6 Å². The Morgan fingerprint density at radius 1 is 1.10 bits per heavy atom. The summed E-state index contributed by atoms with van der Waals surface area (Å²) in [4.78, 5) is 35.5. The molecule has 0 fully saturated rings. The van der Waals surface area contributed by atoms with Crippen molar-refractivity contribution in [3.05, 3.63) is 87.1 Å². The topological polar surface area (TPSA) is 75.3 Å². The largest absolute Gasteiger partial charge is 0.497 e. The Bertz CT molecular complexity index is 1200. The third-order valence-corrected chi connectivity index (χ3v) is 5.68. The van der Waals surface area contributed by atoms with Gasteiger partial charge in [-0.3, -0.25) is 9.59 Å². The van der Waals surface area contributed by atoms with Gasteiger partial charge in [-0.25, -0.2) is 4.98 Å². The molecule has 0 aliphatic rings. The number of fused-ring (bicyclic) bond motifs is 1. The quantitative estimate of drug-likeness (QED) is 0.488. The first kappa shape index (κ1) is 19.8. The van der Waals surface area contributed by atoms with Crippen LogP contribution in [-0.4, -0.2) is 23.0 Å². The fourth-order valence-corrected chi connectivity index (χ4v) is 3.95. The molecule has 0 aliphatic carbocycles. The molecule has 0 bridgehead atoms. The van der Waals surface area contributed by atoms with Gasteiger partial charge in [0, 0.05) is 23.4 Å². The third-order valence-electron chi connectivity index (χ3n) is 4.82. The van der Waals surface area contributed by atoms with Gasteiger partial charge < -0.3 is 14.6 Å². The average molecular weight is 420 g/mol. The summed E-state index contributed by atoms with van der Waals surface area (Å²) < 4.78 is 5.22. The molecule has 2 heterocycles. The summed E-state index contributed by atoms with van der Waals surface area (Å²) in [6.07, 6.45) is 0.592. The van der Waals surface area contributed by atoms with Crippen molar-refractivity contribution in [2.24, 2.45) is 0 Å². The van der Waals surface area contributed by atoms with E-state index in [4.69, 9.17) is 4.74 Å². The van der Waals surface area contributed by atoms with Crippen LogP contribution in [0.1, 0.15) is 17.1 Å². The van der Waals surface area contributed by atoms with Crippen LogP contribution < -0.4 is 15.2 Å². The summed E-state index contributed by atoms with van der Waals surface area (Å²) in [5, 5.41) is 2.54. The maximum atomic E-state index is 13.1. The summed E-state index contributed by atoms with van der Waals surface area (Å²) in [6.45, 7) is 0.491. The van der Waals surface area contributed by atoms with E-state index >= 15 is 0 Å². The molecule has 7 heteroatoms. The van der Waals surface area contributed by atoms with E-state index in [0.29, 0.717) is 29.7 Å². The molecular weight excluding hydrogens is 398 g/mol. The van der Waals surface area contributed by atoms with Gasteiger partial charge in [-0.05, 0) is 47.8 Å². The van der Waals surface area contributed by atoms with Crippen LogP contribution in [0.4, 0.5) is 5.69 Å². The molecule has 30 heavy (non-hydrogen) atoms. The molecule has 0 saturated heterocycles. The Morgan fingerprint density at radius 3 is 2.63 bits per heavy atom. The molecule has 2 aromatic carbocycles. The molecule has 0 spiro atoms. The molecule has 0 aliphatic heterocycles. The summed E-state index contributed by atoms with van der Waals surface area (Å²) in [5.41, 5.74) is 1.25. The SMILES string of the molecule is COc1ccc(N(Cc2cccs2)C(=O)CCc2nc3ccccc3c(=O)[nH]2)cc1. The molecule has 0 unspecified atom stereocenters. The van der Waals surface area contributed by atoms with E-state index in [1.807, 2.05) is 47.8 Å². The van der Waals surface area contributed by atoms with E-state index in [0.717, 1.165) is 16.3 Å². The normalized spacial score (nSPS) is 10.8. The Hall–Kier alpha value is -3.45. The lowest BCUT2D eigenvalue weighted by atomic mass is 10.2. The van der Waals surface area contributed by atoms with Crippen molar-refractivity contribution in [3.63, 3.8) is 0 Å². The number of nitrogens with one attached hydrogen (secondary N) is 1. The molecule has 6 nitrogen and oxygen atoms in total. The molecule has 0 atom stereocenters. The number of aryl methyl sites for hydroxylation is 1. The van der Waals surface area contributed by atoms with Crippen molar-refractivity contribution < 1.29 is 9.53 Å². The number of aromatic nitrogens is 2. The number of ether oxygens (including phenoxy) is 1. The molecule has 4 rings (SSSR count). The number of anilines is 1. The van der Waals surface area contributed by atoms with Crippen molar-refractivity contribution in [1.82, 2.24) is 9.97 Å². The minimum atomic E-state index is -0.186. The number of hydrogen-bond acceptors (Lipinski definition) is 5. The van der Waals surface area contributed by atoms with E-state index < -0.39 is 0 Å². The predicted molar refractivity (Wildman–Crippen MR) is 119 cm³/mol. The van der Waals surface area contributed by atoms with E-state index in [-0.39, 0.29) is 17.9 Å². The number of benzene rings is 2. The molecule has 1 amide bonds. The van der Waals surface area contributed by atoms with E-state index in [1.165, 1.54) is 0 Å². The highest BCUT2D eigenvalue weighted by molar-refractivity contribution is 7.09. The van der Waals surface area contributed by atoms with Crippen molar-refractivity contribution >= 4 is 33.8 Å². The average Bonchev–Trinajstić information content (AvgIpc) is 3.29. The van der Waals surface area contributed by atoms with Gasteiger partial charge in [0.2, 0.25) is 5.91 Å². The van der Waals surface area contributed by atoms with Gasteiger partial charge in [-0.15, -0.1) is 11.3 Å². The van der Waals surface area contributed by atoms with E-state index in [9.17, 15) is 9.59 Å². The maximum absolute atomic E-state index is 13.1. The maximum Gasteiger partial charge on any atom is 0.258 e. The number of amides is 1. The third kappa shape index (κ3) is 4.41. The highest BCUT2D eigenvalue weighted by Gasteiger charge is 2.18. The van der Waals surface area contributed by atoms with Crippen LogP contribution in [0.15, 0.2) is 70.8 Å². The Balaban J connectivity index is 1.54. The number of carbonyl (C=O) groups is 1. The zero-order chi connectivity index (χ0) is 20.9. The predicted octanol–water partition coefficient (Wildman–Crippen LogP) is 4.16. The zero-order valence-electron chi connectivity index (χ0n) is 16.5. The van der Waals surface area contributed by atoms with E-state index in [1.54, 1.807) is 41.5 Å². The number of carbonyl (C=O) groups excluding carboxylic acids is 1. The Kier molecular flexibility index (Phi) is 5.90. The Morgan fingerprint density at radius 2 is 1.90 bits per heavy atom. The highest BCUT2D eigenvalue weighted by atomic mass is 32.1. The Labute approximate surface area is 177 Å². The molecule has 4 aromatic rings. The summed E-state index contributed by atoms with van der Waals surface area (Å²) in [5.74, 6) is 1.21. The van der Waals surface area contributed by atoms with Crippen molar-refractivity contribution in [1.29, 1.82) is 0 Å². The van der Waals surface area contributed by atoms with Crippen LogP contribution in [0.5, 0.6) is 5.75 Å². The van der Waals surface area contributed by atoms with Crippen LogP contribution in [0, 0.1) is 0 Å². The van der Waals surface area contributed by atoms with Gasteiger partial charge in [0.25, 0.3) is 5.56 Å². The second-order valence-electron chi connectivity index (χ2n) is 6.79. The molecule has 1 N–H and O–H groups in total. The molecule has 0 saturated carbocycles. The minimum Gasteiger partial charge on any atom is -0.497 e. The molecule has 152 valence electrons. The van der Waals surface area contributed by atoms with Gasteiger partial charge in [-0.1, -0.05) is 18.2 Å². The van der Waals surface area contributed by atoms with Gasteiger partial charge in [0.1, 0.15) is 11.6 Å². The number of nitrogens with zero attached hydrogens (tertiary/aromatic N) is 2. The lowest BCUT2D eigenvalue weighted by Crippen LogP contribution is -2.30. The van der Waals surface area contributed by atoms with Crippen LogP contribution in [-0.2, 0) is 17.8 Å². The number of thiophene rings is 1. The summed E-state index contributed by atoms with van der Waals surface area (Å²) >= 11 is 1.61. The number of para-hydroxylation sites is 1. The minimum absolute atomic E-state index is 0.0376. The number of aromatic amines is 1. The lowest BCUT2D eigenvalue weighted by Gasteiger charge is -2.22. The number of methoxy groups -OCH3 is 1. The second kappa shape index (κ2) is 8.92. The smallest absolute Gasteiger partial charge is 0.258 e. The van der Waals surface area contributed by atoms with Crippen LogP contribution in [0.2, 0.25) is 0 Å². The first-order valence-corrected chi connectivity index (χ1v) is 10.5.